The van der Waals surface area contributed by atoms with E-state index in [2.05, 4.69) is 31.0 Å². The van der Waals surface area contributed by atoms with Crippen molar-refractivity contribution in [3.05, 3.63) is 34.5 Å². The third kappa shape index (κ3) is 1.51. The Morgan fingerprint density at radius 3 is 2.82 bits per heavy atom. The van der Waals surface area contributed by atoms with Crippen LogP contribution in [0.2, 0.25) is 0 Å². The van der Waals surface area contributed by atoms with Gasteiger partial charge in [0.1, 0.15) is 6.29 Å². The molecule has 0 spiro atoms. The van der Waals surface area contributed by atoms with Crippen molar-refractivity contribution >= 4 is 17.2 Å². The van der Waals surface area contributed by atoms with Gasteiger partial charge in [0.25, 0.3) is 0 Å². The molecule has 1 atom stereocenters. The SMILES string of the molecule is Cc1ccc(C)c2c3c([nH]c12)CC(C=O)CC3. The average molecular weight is 227 g/mol. The summed E-state index contributed by atoms with van der Waals surface area (Å²) in [6.07, 6.45) is 4.01. The van der Waals surface area contributed by atoms with Crippen LogP contribution in [-0.2, 0) is 17.6 Å². The van der Waals surface area contributed by atoms with Crippen LogP contribution in [0.25, 0.3) is 10.9 Å². The van der Waals surface area contributed by atoms with Crippen molar-refractivity contribution in [3.63, 3.8) is 0 Å². The molecule has 2 nitrogen and oxygen atoms in total. The molecule has 1 aliphatic rings. The van der Waals surface area contributed by atoms with Crippen molar-refractivity contribution in [1.82, 2.24) is 4.98 Å². The van der Waals surface area contributed by atoms with Crippen molar-refractivity contribution < 1.29 is 4.79 Å². The Balaban J connectivity index is 2.25. The normalized spacial score (nSPS) is 19.3. The first-order chi connectivity index (χ1) is 8.20. The summed E-state index contributed by atoms with van der Waals surface area (Å²) in [5, 5.41) is 1.39. The molecule has 2 aromatic rings. The molecule has 17 heavy (non-hydrogen) atoms. The lowest BCUT2D eigenvalue weighted by Crippen LogP contribution is -2.14. The number of aromatic amines is 1. The van der Waals surface area contributed by atoms with Crippen molar-refractivity contribution in [2.45, 2.75) is 33.1 Å². The maximum absolute atomic E-state index is 10.9. The molecule has 0 aliphatic heterocycles. The van der Waals surface area contributed by atoms with Gasteiger partial charge in [0.05, 0.1) is 0 Å². The molecule has 0 saturated heterocycles. The molecule has 2 heteroatoms. The van der Waals surface area contributed by atoms with Gasteiger partial charge in [-0.15, -0.1) is 0 Å². The minimum Gasteiger partial charge on any atom is -0.358 e. The van der Waals surface area contributed by atoms with Crippen LogP contribution in [0.4, 0.5) is 0 Å². The molecule has 88 valence electrons. The number of benzene rings is 1. The molecule has 1 heterocycles. The van der Waals surface area contributed by atoms with Crippen LogP contribution in [0.5, 0.6) is 0 Å². The Hall–Kier alpha value is -1.57. The van der Waals surface area contributed by atoms with Gasteiger partial charge in [-0.25, -0.2) is 0 Å². The van der Waals surface area contributed by atoms with E-state index in [0.29, 0.717) is 0 Å². The van der Waals surface area contributed by atoms with E-state index in [9.17, 15) is 4.79 Å². The summed E-state index contributed by atoms with van der Waals surface area (Å²) >= 11 is 0. The molecule has 0 radical (unpaired) electrons. The van der Waals surface area contributed by atoms with Crippen LogP contribution in [0, 0.1) is 19.8 Å². The fourth-order valence-corrected chi connectivity index (χ4v) is 3.00. The number of rotatable bonds is 1. The second-order valence-corrected chi connectivity index (χ2v) is 5.17. The monoisotopic (exact) mass is 227 g/mol. The first-order valence-electron chi connectivity index (χ1n) is 6.25. The van der Waals surface area contributed by atoms with Crippen LogP contribution in [0.15, 0.2) is 12.1 Å². The summed E-state index contributed by atoms with van der Waals surface area (Å²) in [6.45, 7) is 4.31. The zero-order valence-electron chi connectivity index (χ0n) is 10.3. The topological polar surface area (TPSA) is 32.9 Å². The second kappa shape index (κ2) is 3.73. The van der Waals surface area contributed by atoms with Crippen molar-refractivity contribution in [3.8, 4) is 0 Å². The highest BCUT2D eigenvalue weighted by atomic mass is 16.1. The predicted octanol–water partition coefficient (Wildman–Crippen LogP) is 3.09. The van der Waals surface area contributed by atoms with Crippen LogP contribution in [0.3, 0.4) is 0 Å². The molecule has 1 aromatic heterocycles. The van der Waals surface area contributed by atoms with Crippen molar-refractivity contribution in [2.24, 2.45) is 5.92 Å². The molecule has 1 aromatic carbocycles. The van der Waals surface area contributed by atoms with Crippen LogP contribution >= 0.6 is 0 Å². The third-order valence-electron chi connectivity index (χ3n) is 3.99. The number of H-pyrrole nitrogens is 1. The van der Waals surface area contributed by atoms with Gasteiger partial charge in [-0.05, 0) is 49.8 Å². The Kier molecular flexibility index (Phi) is 2.32. The Bertz CT molecular complexity index is 594. The van der Waals surface area contributed by atoms with Gasteiger partial charge < -0.3 is 9.78 Å². The summed E-state index contributed by atoms with van der Waals surface area (Å²) in [5.74, 6) is 0.205. The quantitative estimate of drug-likeness (QED) is 0.746. The number of aryl methyl sites for hydroxylation is 3. The largest absolute Gasteiger partial charge is 0.358 e. The first kappa shape index (κ1) is 10.6. The van der Waals surface area contributed by atoms with Crippen molar-refractivity contribution in [2.75, 3.05) is 0 Å². The van der Waals surface area contributed by atoms with E-state index in [1.165, 1.54) is 33.3 Å². The van der Waals surface area contributed by atoms with Gasteiger partial charge in [-0.2, -0.15) is 0 Å². The number of nitrogens with one attached hydrogen (secondary N) is 1. The molecule has 1 aliphatic carbocycles. The standard InChI is InChI=1S/C15H17NO/c1-9-3-4-10(2)15-14(9)12-6-5-11(8-17)7-13(12)16-15/h3-4,8,11,16H,5-7H2,1-2H3. The maximum atomic E-state index is 10.9. The minimum atomic E-state index is 0.205. The van der Waals surface area contributed by atoms with E-state index in [4.69, 9.17) is 0 Å². The molecule has 0 fully saturated rings. The predicted molar refractivity (Wildman–Crippen MR) is 69.4 cm³/mol. The lowest BCUT2D eigenvalue weighted by molar-refractivity contribution is -0.111. The van der Waals surface area contributed by atoms with Gasteiger partial charge in [0.2, 0.25) is 0 Å². The number of hydrogen-bond donors (Lipinski definition) is 1. The van der Waals surface area contributed by atoms with Crippen LogP contribution in [0.1, 0.15) is 28.8 Å². The maximum Gasteiger partial charge on any atom is 0.123 e. The molecule has 0 amide bonds. The summed E-state index contributed by atoms with van der Waals surface area (Å²) in [4.78, 5) is 14.4. The van der Waals surface area contributed by atoms with Crippen LogP contribution in [-0.4, -0.2) is 11.3 Å². The van der Waals surface area contributed by atoms with E-state index in [1.807, 2.05) is 0 Å². The van der Waals surface area contributed by atoms with Gasteiger partial charge in [-0.1, -0.05) is 12.1 Å². The third-order valence-corrected chi connectivity index (χ3v) is 3.99. The number of aromatic nitrogens is 1. The lowest BCUT2D eigenvalue weighted by atomic mass is 9.87. The zero-order valence-corrected chi connectivity index (χ0v) is 10.3. The number of carbonyl (C=O) groups is 1. The summed E-state index contributed by atoms with van der Waals surface area (Å²) < 4.78 is 0. The van der Waals surface area contributed by atoms with Crippen molar-refractivity contribution in [1.29, 1.82) is 0 Å². The molecular weight excluding hydrogens is 210 g/mol. The molecule has 1 unspecified atom stereocenters. The Morgan fingerprint density at radius 1 is 1.29 bits per heavy atom. The van der Waals surface area contributed by atoms with E-state index in [0.717, 1.165) is 25.5 Å². The van der Waals surface area contributed by atoms with E-state index < -0.39 is 0 Å². The summed E-state index contributed by atoms with van der Waals surface area (Å²) in [7, 11) is 0. The summed E-state index contributed by atoms with van der Waals surface area (Å²) in [6, 6.07) is 4.36. The number of carbonyl (C=O) groups excluding carboxylic acids is 1. The highest BCUT2D eigenvalue weighted by molar-refractivity contribution is 5.90. The highest BCUT2D eigenvalue weighted by Gasteiger charge is 2.23. The fraction of sp³-hybridized carbons (Fsp3) is 0.400. The first-order valence-corrected chi connectivity index (χ1v) is 6.25. The molecular formula is C15H17NO. The smallest absolute Gasteiger partial charge is 0.123 e. The summed E-state index contributed by atoms with van der Waals surface area (Å²) in [5.41, 5.74) is 6.62. The molecule has 0 bridgehead atoms. The number of hydrogen-bond acceptors (Lipinski definition) is 1. The number of fused-ring (bicyclic) bond motifs is 3. The fourth-order valence-electron chi connectivity index (χ4n) is 3.00. The van der Waals surface area contributed by atoms with Gasteiger partial charge in [0.15, 0.2) is 0 Å². The average Bonchev–Trinajstić information content (AvgIpc) is 2.73. The molecule has 0 saturated carbocycles. The van der Waals surface area contributed by atoms with E-state index in [1.54, 1.807) is 0 Å². The zero-order chi connectivity index (χ0) is 12.0. The van der Waals surface area contributed by atoms with Crippen LogP contribution < -0.4 is 0 Å². The van der Waals surface area contributed by atoms with Gasteiger partial charge in [-0.3, -0.25) is 0 Å². The molecule has 3 rings (SSSR count). The van der Waals surface area contributed by atoms with E-state index in [-0.39, 0.29) is 5.92 Å². The van der Waals surface area contributed by atoms with Gasteiger partial charge in [0, 0.05) is 22.5 Å². The minimum absolute atomic E-state index is 0.205. The number of aldehydes is 1. The Labute approximate surface area is 101 Å². The molecule has 1 N–H and O–H groups in total. The Morgan fingerprint density at radius 2 is 2.06 bits per heavy atom. The van der Waals surface area contributed by atoms with Gasteiger partial charge >= 0.3 is 0 Å². The second-order valence-electron chi connectivity index (χ2n) is 5.17. The lowest BCUT2D eigenvalue weighted by Gasteiger charge is -2.17. The van der Waals surface area contributed by atoms with E-state index >= 15 is 0 Å². The highest BCUT2D eigenvalue weighted by Crippen LogP contribution is 2.34.